The number of benzene rings is 2. The molecule has 2 aromatic carbocycles. The third kappa shape index (κ3) is 4.55. The van der Waals surface area contributed by atoms with Gasteiger partial charge < -0.3 is 4.74 Å². The maximum atomic E-state index is 14.3. The second-order valence-electron chi connectivity index (χ2n) is 4.87. The molecule has 9 heteroatoms. The molecule has 2 rings (SSSR count). The normalized spacial score (nSPS) is 11.2. The lowest BCUT2D eigenvalue weighted by Gasteiger charge is -2.24. The van der Waals surface area contributed by atoms with Gasteiger partial charge in [0.15, 0.2) is 0 Å². The largest absolute Gasteiger partial charge is 0.465 e. The summed E-state index contributed by atoms with van der Waals surface area (Å²) in [6, 6.07) is 7.75. The van der Waals surface area contributed by atoms with Gasteiger partial charge in [-0.15, -0.1) is 0 Å². The Morgan fingerprint density at radius 2 is 1.80 bits per heavy atom. The van der Waals surface area contributed by atoms with Crippen molar-refractivity contribution in [1.82, 2.24) is 0 Å². The van der Waals surface area contributed by atoms with Crippen LogP contribution in [0, 0.1) is 11.6 Å². The summed E-state index contributed by atoms with van der Waals surface area (Å²) in [5.74, 6) is -2.30. The predicted molar refractivity (Wildman–Crippen MR) is 91.7 cm³/mol. The zero-order valence-corrected chi connectivity index (χ0v) is 15.5. The highest BCUT2D eigenvalue weighted by molar-refractivity contribution is 9.10. The summed E-state index contributed by atoms with van der Waals surface area (Å²) in [7, 11) is -4.31. The average molecular weight is 434 g/mol. The Morgan fingerprint density at radius 3 is 2.36 bits per heavy atom. The van der Waals surface area contributed by atoms with Crippen molar-refractivity contribution >= 4 is 37.6 Å². The first-order chi connectivity index (χ1) is 11.8. The van der Waals surface area contributed by atoms with Crippen LogP contribution in [0.5, 0.6) is 0 Å². The Morgan fingerprint density at radius 1 is 1.16 bits per heavy atom. The fourth-order valence-electron chi connectivity index (χ4n) is 2.04. The molecule has 0 unspecified atom stereocenters. The van der Waals surface area contributed by atoms with Crippen LogP contribution in [0.2, 0.25) is 0 Å². The van der Waals surface area contributed by atoms with Crippen LogP contribution in [-0.2, 0) is 19.6 Å². The molecule has 5 nitrogen and oxygen atoms in total. The maximum Gasteiger partial charge on any atom is 0.326 e. The average Bonchev–Trinajstić information content (AvgIpc) is 2.54. The first-order valence-electron chi connectivity index (χ1n) is 7.14. The number of nitrogens with zero attached hydrogens (tertiary/aromatic N) is 1. The second kappa shape index (κ2) is 7.92. The van der Waals surface area contributed by atoms with Crippen LogP contribution < -0.4 is 4.31 Å². The minimum atomic E-state index is -4.31. The van der Waals surface area contributed by atoms with Crippen LogP contribution >= 0.6 is 15.9 Å². The van der Waals surface area contributed by atoms with Crippen molar-refractivity contribution in [2.75, 3.05) is 17.5 Å². The van der Waals surface area contributed by atoms with E-state index in [0.29, 0.717) is 8.78 Å². The van der Waals surface area contributed by atoms with Crippen LogP contribution in [0.25, 0.3) is 0 Å². The third-order valence-corrected chi connectivity index (χ3v) is 5.43. The lowest BCUT2D eigenvalue weighted by molar-refractivity contribution is -0.141. The number of esters is 1. The van der Waals surface area contributed by atoms with E-state index in [1.54, 1.807) is 6.92 Å². The van der Waals surface area contributed by atoms with Gasteiger partial charge >= 0.3 is 5.97 Å². The molecule has 0 radical (unpaired) electrons. The number of hydrogen-bond donors (Lipinski definition) is 0. The van der Waals surface area contributed by atoms with Gasteiger partial charge in [0, 0.05) is 4.47 Å². The predicted octanol–water partition coefficient (Wildman–Crippen LogP) is 3.49. The van der Waals surface area contributed by atoms with Crippen molar-refractivity contribution in [1.29, 1.82) is 0 Å². The monoisotopic (exact) mass is 433 g/mol. The standard InChI is InChI=1S/C16H14BrF2NO4S/c1-2-24-16(21)10-20(15-8-3-11(17)9-14(15)19)25(22,23)13-6-4-12(18)5-7-13/h3-9H,2,10H2,1H3. The molecule has 0 aliphatic heterocycles. The van der Waals surface area contributed by atoms with E-state index in [2.05, 4.69) is 15.9 Å². The van der Waals surface area contributed by atoms with Gasteiger partial charge in [0.05, 0.1) is 17.2 Å². The first kappa shape index (κ1) is 19.3. The molecule has 0 heterocycles. The smallest absolute Gasteiger partial charge is 0.326 e. The van der Waals surface area contributed by atoms with Crippen molar-refractivity contribution in [2.24, 2.45) is 0 Å². The number of carbonyl (C=O) groups excluding carboxylic acids is 1. The van der Waals surface area contributed by atoms with Gasteiger partial charge in [0.1, 0.15) is 18.2 Å². The summed E-state index contributed by atoms with van der Waals surface area (Å²) in [6.45, 7) is 0.898. The van der Waals surface area contributed by atoms with E-state index in [-0.39, 0.29) is 17.2 Å². The molecular weight excluding hydrogens is 420 g/mol. The Hall–Kier alpha value is -2.00. The number of sulfonamides is 1. The van der Waals surface area contributed by atoms with Gasteiger partial charge in [-0.2, -0.15) is 0 Å². The summed E-state index contributed by atoms with van der Waals surface area (Å²) in [6.07, 6.45) is 0. The van der Waals surface area contributed by atoms with Crippen LogP contribution in [0.3, 0.4) is 0 Å². The van der Waals surface area contributed by atoms with Gasteiger partial charge in [-0.25, -0.2) is 17.2 Å². The number of halogens is 3. The van der Waals surface area contributed by atoms with Crippen molar-refractivity contribution in [3.8, 4) is 0 Å². The van der Waals surface area contributed by atoms with E-state index < -0.39 is 34.2 Å². The summed E-state index contributed by atoms with van der Waals surface area (Å²) >= 11 is 3.08. The second-order valence-corrected chi connectivity index (χ2v) is 7.64. The highest BCUT2D eigenvalue weighted by Crippen LogP contribution is 2.28. The van der Waals surface area contributed by atoms with Gasteiger partial charge in [0.2, 0.25) is 0 Å². The van der Waals surface area contributed by atoms with Crippen LogP contribution in [0.1, 0.15) is 6.92 Å². The van der Waals surface area contributed by atoms with E-state index in [1.165, 1.54) is 12.1 Å². The number of hydrogen-bond acceptors (Lipinski definition) is 4. The molecule has 0 saturated carbocycles. The third-order valence-electron chi connectivity index (χ3n) is 3.16. The molecule has 0 N–H and O–H groups in total. The van der Waals surface area contributed by atoms with Gasteiger partial charge in [-0.05, 0) is 49.4 Å². The molecule has 0 aliphatic rings. The zero-order chi connectivity index (χ0) is 18.6. The van der Waals surface area contributed by atoms with Crippen molar-refractivity contribution in [3.05, 3.63) is 58.6 Å². The van der Waals surface area contributed by atoms with Gasteiger partial charge in [-0.1, -0.05) is 15.9 Å². The number of carbonyl (C=O) groups is 1. The zero-order valence-electron chi connectivity index (χ0n) is 13.1. The Labute approximate surface area is 152 Å². The molecule has 25 heavy (non-hydrogen) atoms. The molecule has 0 saturated heterocycles. The van der Waals surface area contributed by atoms with Crippen LogP contribution in [0.4, 0.5) is 14.5 Å². The minimum Gasteiger partial charge on any atom is -0.465 e. The quantitative estimate of drug-likeness (QED) is 0.654. The van der Waals surface area contributed by atoms with E-state index in [1.807, 2.05) is 0 Å². The van der Waals surface area contributed by atoms with Gasteiger partial charge in [0.25, 0.3) is 10.0 Å². The van der Waals surface area contributed by atoms with Crippen molar-refractivity contribution < 1.29 is 26.7 Å². The Bertz CT molecular complexity index is 872. The van der Waals surface area contributed by atoms with Gasteiger partial charge in [-0.3, -0.25) is 9.10 Å². The van der Waals surface area contributed by atoms with E-state index in [0.717, 1.165) is 30.3 Å². The first-order valence-corrected chi connectivity index (χ1v) is 9.38. The number of anilines is 1. The van der Waals surface area contributed by atoms with E-state index in [4.69, 9.17) is 4.74 Å². The molecule has 0 amide bonds. The molecule has 0 spiro atoms. The van der Waals surface area contributed by atoms with Crippen LogP contribution in [-0.4, -0.2) is 27.5 Å². The molecule has 0 aliphatic carbocycles. The Kier molecular flexibility index (Phi) is 6.12. The fourth-order valence-corrected chi connectivity index (χ4v) is 3.79. The highest BCUT2D eigenvalue weighted by atomic mass is 79.9. The molecule has 0 atom stereocenters. The molecular formula is C16H14BrF2NO4S. The number of rotatable bonds is 6. The molecule has 0 bridgehead atoms. The Balaban J connectivity index is 2.53. The molecule has 2 aromatic rings. The summed E-state index contributed by atoms with van der Waals surface area (Å²) in [5, 5.41) is 0. The van der Waals surface area contributed by atoms with Crippen molar-refractivity contribution in [2.45, 2.75) is 11.8 Å². The molecule has 134 valence electrons. The summed E-state index contributed by atoms with van der Waals surface area (Å²) in [5.41, 5.74) is -0.319. The minimum absolute atomic E-state index is 0.0477. The highest BCUT2D eigenvalue weighted by Gasteiger charge is 2.29. The van der Waals surface area contributed by atoms with Crippen molar-refractivity contribution in [3.63, 3.8) is 0 Å². The summed E-state index contributed by atoms with van der Waals surface area (Å²) < 4.78 is 58.8. The molecule has 0 aromatic heterocycles. The topological polar surface area (TPSA) is 63.7 Å². The van der Waals surface area contributed by atoms with E-state index in [9.17, 15) is 22.0 Å². The number of ether oxygens (including phenoxy) is 1. The SMILES string of the molecule is CCOC(=O)CN(c1ccc(Br)cc1F)S(=O)(=O)c1ccc(F)cc1. The molecule has 0 fully saturated rings. The maximum absolute atomic E-state index is 14.3. The lowest BCUT2D eigenvalue weighted by Crippen LogP contribution is -2.37. The van der Waals surface area contributed by atoms with Crippen LogP contribution in [0.15, 0.2) is 51.8 Å². The van der Waals surface area contributed by atoms with E-state index >= 15 is 0 Å². The fraction of sp³-hybridized carbons (Fsp3) is 0.188. The summed E-state index contributed by atoms with van der Waals surface area (Å²) in [4.78, 5) is 11.5. The lowest BCUT2D eigenvalue weighted by atomic mass is 10.3.